The number of aliphatic hydroxyl groups is 1. The number of hydrogen-bond acceptors (Lipinski definition) is 2. The SMILES string of the molecule is C[C@@H](N[C@@H](CO)c1ccccc1)C1CC1. The van der Waals surface area contributed by atoms with Crippen LogP contribution in [0.1, 0.15) is 31.4 Å². The minimum Gasteiger partial charge on any atom is -0.394 e. The molecule has 15 heavy (non-hydrogen) atoms. The van der Waals surface area contributed by atoms with Gasteiger partial charge in [0.15, 0.2) is 0 Å². The smallest absolute Gasteiger partial charge is 0.0626 e. The van der Waals surface area contributed by atoms with Gasteiger partial charge in [0.25, 0.3) is 0 Å². The lowest BCUT2D eigenvalue weighted by Gasteiger charge is -2.21. The van der Waals surface area contributed by atoms with Gasteiger partial charge in [-0.15, -0.1) is 0 Å². The molecule has 1 aliphatic rings. The Morgan fingerprint density at radius 2 is 2.00 bits per heavy atom. The summed E-state index contributed by atoms with van der Waals surface area (Å²) >= 11 is 0. The summed E-state index contributed by atoms with van der Waals surface area (Å²) in [7, 11) is 0. The number of rotatable bonds is 5. The lowest BCUT2D eigenvalue weighted by Crippen LogP contribution is -2.34. The Bertz CT molecular complexity index is 295. The van der Waals surface area contributed by atoms with Gasteiger partial charge >= 0.3 is 0 Å². The first-order valence-electron chi connectivity index (χ1n) is 5.73. The maximum absolute atomic E-state index is 9.37. The van der Waals surface area contributed by atoms with Crippen LogP contribution in [0.25, 0.3) is 0 Å². The second-order valence-corrected chi connectivity index (χ2v) is 4.44. The van der Waals surface area contributed by atoms with Crippen molar-refractivity contribution >= 4 is 0 Å². The Hall–Kier alpha value is -0.860. The van der Waals surface area contributed by atoms with Crippen LogP contribution in [0, 0.1) is 5.92 Å². The molecule has 1 aromatic rings. The second-order valence-electron chi connectivity index (χ2n) is 4.44. The van der Waals surface area contributed by atoms with Gasteiger partial charge in [-0.25, -0.2) is 0 Å². The topological polar surface area (TPSA) is 32.3 Å². The first kappa shape index (κ1) is 10.7. The van der Waals surface area contributed by atoms with Crippen molar-refractivity contribution < 1.29 is 5.11 Å². The molecule has 2 heteroatoms. The van der Waals surface area contributed by atoms with Crippen LogP contribution >= 0.6 is 0 Å². The summed E-state index contributed by atoms with van der Waals surface area (Å²) in [5, 5.41) is 12.9. The molecule has 1 aromatic carbocycles. The number of hydrogen-bond donors (Lipinski definition) is 2. The lowest BCUT2D eigenvalue weighted by molar-refractivity contribution is 0.231. The summed E-state index contributed by atoms with van der Waals surface area (Å²) in [6, 6.07) is 10.8. The molecule has 2 atom stereocenters. The monoisotopic (exact) mass is 205 g/mol. The summed E-state index contributed by atoms with van der Waals surface area (Å²) in [5.74, 6) is 0.822. The molecule has 0 aliphatic heterocycles. The molecule has 2 nitrogen and oxygen atoms in total. The van der Waals surface area contributed by atoms with Crippen molar-refractivity contribution in [2.45, 2.75) is 31.8 Å². The Balaban J connectivity index is 1.97. The van der Waals surface area contributed by atoms with Gasteiger partial charge in [-0.1, -0.05) is 30.3 Å². The average Bonchev–Trinajstić information content (AvgIpc) is 3.10. The molecule has 0 spiro atoms. The third-order valence-corrected chi connectivity index (χ3v) is 3.18. The van der Waals surface area contributed by atoms with Crippen LogP contribution in [0.4, 0.5) is 0 Å². The minimum atomic E-state index is 0.0850. The number of aliphatic hydroxyl groups excluding tert-OH is 1. The Labute approximate surface area is 91.3 Å². The molecule has 0 bridgehead atoms. The van der Waals surface area contributed by atoms with Gasteiger partial charge in [0.1, 0.15) is 0 Å². The molecule has 0 unspecified atom stereocenters. The van der Waals surface area contributed by atoms with E-state index in [0.717, 1.165) is 5.92 Å². The van der Waals surface area contributed by atoms with Crippen molar-refractivity contribution in [3.63, 3.8) is 0 Å². The van der Waals surface area contributed by atoms with Gasteiger partial charge in [0, 0.05) is 6.04 Å². The van der Waals surface area contributed by atoms with E-state index in [2.05, 4.69) is 24.4 Å². The van der Waals surface area contributed by atoms with E-state index in [0.29, 0.717) is 6.04 Å². The zero-order valence-electron chi connectivity index (χ0n) is 9.19. The van der Waals surface area contributed by atoms with Gasteiger partial charge in [-0.3, -0.25) is 0 Å². The molecule has 1 aliphatic carbocycles. The Morgan fingerprint density at radius 1 is 1.33 bits per heavy atom. The fraction of sp³-hybridized carbons (Fsp3) is 0.538. The maximum atomic E-state index is 9.37. The molecule has 0 radical (unpaired) electrons. The minimum absolute atomic E-state index is 0.0850. The average molecular weight is 205 g/mol. The summed E-state index contributed by atoms with van der Waals surface area (Å²) in [5.41, 5.74) is 1.17. The van der Waals surface area contributed by atoms with Crippen LogP contribution in [0.3, 0.4) is 0 Å². The fourth-order valence-corrected chi connectivity index (χ4v) is 1.99. The van der Waals surface area contributed by atoms with Gasteiger partial charge < -0.3 is 10.4 Å². The van der Waals surface area contributed by atoms with E-state index in [1.807, 2.05) is 18.2 Å². The van der Waals surface area contributed by atoms with Crippen LogP contribution < -0.4 is 5.32 Å². The first-order valence-corrected chi connectivity index (χ1v) is 5.73. The number of benzene rings is 1. The molecular weight excluding hydrogens is 186 g/mol. The quantitative estimate of drug-likeness (QED) is 0.771. The Kier molecular flexibility index (Phi) is 3.39. The van der Waals surface area contributed by atoms with Crippen molar-refractivity contribution in [2.75, 3.05) is 6.61 Å². The number of nitrogens with one attached hydrogen (secondary N) is 1. The van der Waals surface area contributed by atoms with E-state index < -0.39 is 0 Å². The highest BCUT2D eigenvalue weighted by atomic mass is 16.3. The van der Waals surface area contributed by atoms with E-state index in [1.165, 1.54) is 18.4 Å². The van der Waals surface area contributed by atoms with Crippen molar-refractivity contribution in [2.24, 2.45) is 5.92 Å². The van der Waals surface area contributed by atoms with E-state index in [9.17, 15) is 5.11 Å². The lowest BCUT2D eigenvalue weighted by atomic mass is 10.1. The van der Waals surface area contributed by atoms with Crippen LogP contribution in [0.5, 0.6) is 0 Å². The molecule has 1 saturated carbocycles. The van der Waals surface area contributed by atoms with Crippen molar-refractivity contribution in [1.29, 1.82) is 0 Å². The van der Waals surface area contributed by atoms with Crippen LogP contribution in [0.2, 0.25) is 0 Å². The molecule has 0 aromatic heterocycles. The van der Waals surface area contributed by atoms with Crippen LogP contribution in [0.15, 0.2) is 30.3 Å². The van der Waals surface area contributed by atoms with Crippen molar-refractivity contribution in [3.8, 4) is 0 Å². The van der Waals surface area contributed by atoms with Gasteiger partial charge in [0.2, 0.25) is 0 Å². The summed E-state index contributed by atoms with van der Waals surface area (Å²) in [6.07, 6.45) is 2.67. The zero-order chi connectivity index (χ0) is 10.7. The van der Waals surface area contributed by atoms with Crippen LogP contribution in [-0.2, 0) is 0 Å². The van der Waals surface area contributed by atoms with Crippen molar-refractivity contribution in [3.05, 3.63) is 35.9 Å². The van der Waals surface area contributed by atoms with E-state index in [4.69, 9.17) is 0 Å². The third-order valence-electron chi connectivity index (χ3n) is 3.18. The largest absolute Gasteiger partial charge is 0.394 e. The fourth-order valence-electron chi connectivity index (χ4n) is 1.99. The van der Waals surface area contributed by atoms with Gasteiger partial charge in [-0.05, 0) is 31.2 Å². The van der Waals surface area contributed by atoms with E-state index >= 15 is 0 Å². The van der Waals surface area contributed by atoms with E-state index in [-0.39, 0.29) is 12.6 Å². The van der Waals surface area contributed by atoms with Crippen LogP contribution in [-0.4, -0.2) is 17.8 Å². The highest BCUT2D eigenvalue weighted by Crippen LogP contribution is 2.33. The molecule has 2 N–H and O–H groups in total. The standard InChI is InChI=1S/C13H19NO/c1-10(11-7-8-11)14-13(9-15)12-5-3-2-4-6-12/h2-6,10-11,13-15H,7-9H2,1H3/t10-,13+/m1/s1. The maximum Gasteiger partial charge on any atom is 0.0626 e. The third kappa shape index (κ3) is 2.80. The van der Waals surface area contributed by atoms with Crippen molar-refractivity contribution in [1.82, 2.24) is 5.32 Å². The second kappa shape index (κ2) is 4.77. The summed E-state index contributed by atoms with van der Waals surface area (Å²) in [6.45, 7) is 2.38. The highest BCUT2D eigenvalue weighted by molar-refractivity contribution is 5.19. The highest BCUT2D eigenvalue weighted by Gasteiger charge is 2.29. The molecule has 0 saturated heterocycles. The summed E-state index contributed by atoms with van der Waals surface area (Å²) < 4.78 is 0. The van der Waals surface area contributed by atoms with Gasteiger partial charge in [0.05, 0.1) is 12.6 Å². The normalized spacial score (nSPS) is 19.9. The predicted molar refractivity (Wildman–Crippen MR) is 61.6 cm³/mol. The molecule has 1 fully saturated rings. The zero-order valence-corrected chi connectivity index (χ0v) is 9.19. The summed E-state index contributed by atoms with van der Waals surface area (Å²) in [4.78, 5) is 0. The molecule has 0 amide bonds. The van der Waals surface area contributed by atoms with E-state index in [1.54, 1.807) is 0 Å². The molecule has 82 valence electrons. The Morgan fingerprint density at radius 3 is 2.53 bits per heavy atom. The van der Waals surface area contributed by atoms with Gasteiger partial charge in [-0.2, -0.15) is 0 Å². The molecule has 2 rings (SSSR count). The molecule has 0 heterocycles. The predicted octanol–water partition coefficient (Wildman–Crippen LogP) is 2.11. The first-order chi connectivity index (χ1) is 7.31. The molecular formula is C13H19NO.